The van der Waals surface area contributed by atoms with E-state index in [1.165, 1.54) is 17.4 Å². The van der Waals surface area contributed by atoms with Crippen LogP contribution < -0.4 is 11.1 Å². The number of rotatable bonds is 4. The van der Waals surface area contributed by atoms with Gasteiger partial charge >= 0.3 is 0 Å². The summed E-state index contributed by atoms with van der Waals surface area (Å²) in [7, 11) is 0. The number of carbonyl (C=O) groups is 1. The van der Waals surface area contributed by atoms with Gasteiger partial charge in [0.2, 0.25) is 0 Å². The number of benzene rings is 1. The molecule has 1 aromatic heterocycles. The number of nitrogens with one attached hydrogen (secondary N) is 1. The van der Waals surface area contributed by atoms with Gasteiger partial charge in [-0.1, -0.05) is 6.07 Å². The van der Waals surface area contributed by atoms with Crippen LogP contribution in [0, 0.1) is 5.82 Å². The smallest absolute Gasteiger partial charge is 0.263 e. The molecule has 112 valence electrons. The Bertz CT molecular complexity index is 680. The zero-order valence-corrected chi connectivity index (χ0v) is 12.5. The lowest BCUT2D eigenvalue weighted by Crippen LogP contribution is -2.47. The van der Waals surface area contributed by atoms with Crippen LogP contribution in [0.25, 0.3) is 10.1 Å². The van der Waals surface area contributed by atoms with Gasteiger partial charge in [-0.25, -0.2) is 4.39 Å². The van der Waals surface area contributed by atoms with Crippen LogP contribution in [-0.4, -0.2) is 24.7 Å². The molecule has 1 aromatic carbocycles. The fraction of sp³-hybridized carbons (Fsp3) is 0.400. The van der Waals surface area contributed by atoms with Gasteiger partial charge in [0.25, 0.3) is 5.91 Å². The number of anilines is 1. The van der Waals surface area contributed by atoms with E-state index >= 15 is 0 Å². The van der Waals surface area contributed by atoms with E-state index in [1.807, 2.05) is 6.92 Å². The fourth-order valence-corrected chi connectivity index (χ4v) is 3.64. The van der Waals surface area contributed by atoms with Crippen LogP contribution in [0.5, 0.6) is 0 Å². The van der Waals surface area contributed by atoms with Crippen LogP contribution in [-0.2, 0) is 4.74 Å². The summed E-state index contributed by atoms with van der Waals surface area (Å²) in [4.78, 5) is 12.7. The molecule has 1 aliphatic rings. The zero-order valence-electron chi connectivity index (χ0n) is 11.7. The molecule has 1 amide bonds. The minimum absolute atomic E-state index is 0.114. The van der Waals surface area contributed by atoms with Crippen molar-refractivity contribution in [3.63, 3.8) is 0 Å². The maximum atomic E-state index is 13.8. The Balaban J connectivity index is 1.74. The van der Waals surface area contributed by atoms with Crippen LogP contribution in [0.3, 0.4) is 0 Å². The van der Waals surface area contributed by atoms with Gasteiger partial charge < -0.3 is 15.8 Å². The predicted octanol–water partition coefficient (Wildman–Crippen LogP) is 2.92. The largest absolute Gasteiger partial charge is 0.397 e. The second-order valence-electron chi connectivity index (χ2n) is 5.18. The first-order valence-electron chi connectivity index (χ1n) is 6.99. The molecule has 6 heteroatoms. The van der Waals surface area contributed by atoms with Crippen molar-refractivity contribution in [3.8, 4) is 0 Å². The standard InChI is InChI=1S/C15H17FN2O2S/c1-2-20-9-6-8(7-9)18-15(19)14-13(17)12-10(16)4-3-5-11(12)21-14/h3-5,8-9H,2,6-7,17H2,1H3,(H,18,19). The van der Waals surface area contributed by atoms with Crippen molar-refractivity contribution in [2.45, 2.75) is 31.9 Å². The number of hydrogen-bond acceptors (Lipinski definition) is 4. The van der Waals surface area contributed by atoms with Crippen molar-refractivity contribution in [1.29, 1.82) is 0 Å². The molecule has 1 aliphatic carbocycles. The van der Waals surface area contributed by atoms with Gasteiger partial charge in [0, 0.05) is 17.3 Å². The second kappa shape index (κ2) is 5.61. The van der Waals surface area contributed by atoms with E-state index in [9.17, 15) is 9.18 Å². The summed E-state index contributed by atoms with van der Waals surface area (Å²) >= 11 is 1.23. The number of thiophene rings is 1. The first-order chi connectivity index (χ1) is 10.1. The van der Waals surface area contributed by atoms with Gasteiger partial charge in [-0.05, 0) is 31.9 Å². The highest BCUT2D eigenvalue weighted by Gasteiger charge is 2.31. The molecule has 1 saturated carbocycles. The van der Waals surface area contributed by atoms with E-state index in [-0.39, 0.29) is 29.6 Å². The number of nitrogen functional groups attached to an aromatic ring is 1. The van der Waals surface area contributed by atoms with Crippen molar-refractivity contribution < 1.29 is 13.9 Å². The number of hydrogen-bond donors (Lipinski definition) is 2. The minimum atomic E-state index is -0.389. The maximum absolute atomic E-state index is 13.8. The Morgan fingerprint density at radius 3 is 2.95 bits per heavy atom. The molecule has 0 atom stereocenters. The van der Waals surface area contributed by atoms with Gasteiger partial charge in [-0.2, -0.15) is 0 Å². The van der Waals surface area contributed by atoms with E-state index in [4.69, 9.17) is 10.5 Å². The molecule has 21 heavy (non-hydrogen) atoms. The quantitative estimate of drug-likeness (QED) is 0.913. The summed E-state index contributed by atoms with van der Waals surface area (Å²) in [5, 5.41) is 3.27. The third kappa shape index (κ3) is 2.61. The van der Waals surface area contributed by atoms with E-state index < -0.39 is 0 Å². The molecule has 3 N–H and O–H groups in total. The molecule has 0 bridgehead atoms. The average molecular weight is 308 g/mol. The summed E-state index contributed by atoms with van der Waals surface area (Å²) < 4.78 is 19.9. The van der Waals surface area contributed by atoms with Crippen molar-refractivity contribution in [2.24, 2.45) is 0 Å². The van der Waals surface area contributed by atoms with E-state index in [0.717, 1.165) is 12.8 Å². The number of fused-ring (bicyclic) bond motifs is 1. The average Bonchev–Trinajstić information content (AvgIpc) is 2.75. The molecular formula is C15H17FN2O2S. The molecule has 0 spiro atoms. The monoisotopic (exact) mass is 308 g/mol. The molecule has 4 nitrogen and oxygen atoms in total. The SMILES string of the molecule is CCOC1CC(NC(=O)c2sc3cccc(F)c3c2N)C1. The van der Waals surface area contributed by atoms with Crippen LogP contribution >= 0.6 is 11.3 Å². The van der Waals surface area contributed by atoms with Gasteiger partial charge in [-0.15, -0.1) is 11.3 Å². The van der Waals surface area contributed by atoms with E-state index in [0.29, 0.717) is 21.6 Å². The van der Waals surface area contributed by atoms with Gasteiger partial charge in [0.15, 0.2) is 0 Å². The Morgan fingerprint density at radius 1 is 1.52 bits per heavy atom. The molecule has 0 radical (unpaired) electrons. The number of ether oxygens (including phenoxy) is 1. The Kier molecular flexibility index (Phi) is 3.82. The summed E-state index contributed by atoms with van der Waals surface area (Å²) in [6, 6.07) is 4.85. The number of carbonyl (C=O) groups excluding carboxylic acids is 1. The highest BCUT2D eigenvalue weighted by molar-refractivity contribution is 7.21. The first-order valence-corrected chi connectivity index (χ1v) is 7.80. The van der Waals surface area contributed by atoms with Crippen molar-refractivity contribution in [3.05, 3.63) is 28.9 Å². The van der Waals surface area contributed by atoms with Gasteiger partial charge in [-0.3, -0.25) is 4.79 Å². The number of halogens is 1. The lowest BCUT2D eigenvalue weighted by Gasteiger charge is -2.35. The van der Waals surface area contributed by atoms with Gasteiger partial charge in [0.1, 0.15) is 10.7 Å². The zero-order chi connectivity index (χ0) is 15.0. The summed E-state index contributed by atoms with van der Waals surface area (Å²) in [5.74, 6) is -0.617. The third-order valence-electron chi connectivity index (χ3n) is 3.74. The molecule has 0 unspecified atom stereocenters. The highest BCUT2D eigenvalue weighted by Crippen LogP contribution is 2.35. The van der Waals surface area contributed by atoms with E-state index in [1.54, 1.807) is 12.1 Å². The fourth-order valence-electron chi connectivity index (χ4n) is 2.60. The normalized spacial score (nSPS) is 21.2. The molecular weight excluding hydrogens is 291 g/mol. The highest BCUT2D eigenvalue weighted by atomic mass is 32.1. The van der Waals surface area contributed by atoms with Gasteiger partial charge in [0.05, 0.1) is 17.2 Å². The van der Waals surface area contributed by atoms with Crippen LogP contribution in [0.1, 0.15) is 29.4 Å². The number of amides is 1. The third-order valence-corrected chi connectivity index (χ3v) is 4.91. The predicted molar refractivity (Wildman–Crippen MR) is 82.1 cm³/mol. The molecule has 0 aliphatic heterocycles. The van der Waals surface area contributed by atoms with Crippen molar-refractivity contribution in [2.75, 3.05) is 12.3 Å². The Hall–Kier alpha value is -1.66. The molecule has 2 aromatic rings. The summed E-state index contributed by atoms with van der Waals surface area (Å²) in [6.45, 7) is 2.65. The molecule has 1 fully saturated rings. The second-order valence-corrected chi connectivity index (χ2v) is 6.23. The minimum Gasteiger partial charge on any atom is -0.397 e. The Labute approximate surface area is 126 Å². The number of nitrogens with two attached hydrogens (primary N) is 1. The van der Waals surface area contributed by atoms with E-state index in [2.05, 4.69) is 5.32 Å². The first kappa shape index (κ1) is 14.3. The van der Waals surface area contributed by atoms with Crippen LogP contribution in [0.15, 0.2) is 18.2 Å². The van der Waals surface area contributed by atoms with Crippen molar-refractivity contribution in [1.82, 2.24) is 5.32 Å². The lowest BCUT2D eigenvalue weighted by atomic mass is 9.89. The topological polar surface area (TPSA) is 64.3 Å². The lowest BCUT2D eigenvalue weighted by molar-refractivity contribution is -0.00858. The summed E-state index contributed by atoms with van der Waals surface area (Å²) in [6.07, 6.45) is 1.87. The van der Waals surface area contributed by atoms with Crippen LogP contribution in [0.2, 0.25) is 0 Å². The van der Waals surface area contributed by atoms with Crippen LogP contribution in [0.4, 0.5) is 10.1 Å². The molecule has 0 saturated heterocycles. The van der Waals surface area contributed by atoms with Crippen molar-refractivity contribution >= 4 is 33.0 Å². The Morgan fingerprint density at radius 2 is 2.29 bits per heavy atom. The molecule has 1 heterocycles. The summed E-state index contributed by atoms with van der Waals surface area (Å²) in [5.41, 5.74) is 6.16. The maximum Gasteiger partial charge on any atom is 0.263 e. The molecule has 3 rings (SSSR count).